The quantitative estimate of drug-likeness (QED) is 0.589. The lowest BCUT2D eigenvalue weighted by atomic mass is 9.78. The zero-order valence-corrected chi connectivity index (χ0v) is 20.6. The largest absolute Gasteiger partial charge is 0.371 e. The molecule has 8 heteroatoms. The van der Waals surface area contributed by atoms with Crippen molar-refractivity contribution in [3.8, 4) is 0 Å². The minimum Gasteiger partial charge on any atom is -0.371 e. The summed E-state index contributed by atoms with van der Waals surface area (Å²) in [7, 11) is 0. The van der Waals surface area contributed by atoms with Gasteiger partial charge in [0, 0.05) is 31.0 Å². The fourth-order valence-electron chi connectivity index (χ4n) is 4.77. The lowest BCUT2D eigenvalue weighted by molar-refractivity contribution is -0.183. The van der Waals surface area contributed by atoms with Crippen LogP contribution >= 0.6 is 0 Å². The first-order valence-electron chi connectivity index (χ1n) is 12.0. The maximum atomic E-state index is 14.3. The highest BCUT2D eigenvalue weighted by molar-refractivity contribution is 5.85. The third-order valence-electron chi connectivity index (χ3n) is 6.50. The molecule has 2 aromatic carbocycles. The summed E-state index contributed by atoms with van der Waals surface area (Å²) in [5, 5.41) is 2.85. The summed E-state index contributed by atoms with van der Waals surface area (Å²) < 4.78 is 52.5. The van der Waals surface area contributed by atoms with Crippen LogP contribution in [-0.4, -0.2) is 42.2 Å². The number of aryl methyl sites for hydroxylation is 1. The molecule has 1 saturated heterocycles. The summed E-state index contributed by atoms with van der Waals surface area (Å²) in [6.07, 6.45) is -0.919. The summed E-state index contributed by atoms with van der Waals surface area (Å²) in [6, 6.07) is 11.3. The van der Waals surface area contributed by atoms with Gasteiger partial charge in [0.05, 0.1) is 25.4 Å². The molecule has 0 spiro atoms. The van der Waals surface area contributed by atoms with Crippen molar-refractivity contribution in [2.45, 2.75) is 83.5 Å². The molecule has 0 aromatic heterocycles. The predicted molar refractivity (Wildman–Crippen MR) is 125 cm³/mol. The number of benzene rings is 2. The second-order valence-electron chi connectivity index (χ2n) is 9.76. The number of hydrogen-bond acceptors (Lipinski definition) is 5. The average molecular weight is 490 g/mol. The van der Waals surface area contributed by atoms with Crippen molar-refractivity contribution in [3.05, 3.63) is 70.8 Å². The number of halogens is 2. The highest BCUT2D eigenvalue weighted by Crippen LogP contribution is 2.44. The first kappa shape index (κ1) is 25.7. The second kappa shape index (κ2) is 10.3. The molecule has 190 valence electrons. The average Bonchev–Trinajstić information content (AvgIpc) is 3.11. The molecule has 1 amide bonds. The number of amides is 1. The summed E-state index contributed by atoms with van der Waals surface area (Å²) in [5.41, 5.74) is 0.976. The van der Waals surface area contributed by atoms with Crippen LogP contribution in [0.15, 0.2) is 42.5 Å². The highest BCUT2D eigenvalue weighted by atomic mass is 19.1. The Morgan fingerprint density at radius 3 is 2.51 bits per heavy atom. The second-order valence-corrected chi connectivity index (χ2v) is 9.76. The summed E-state index contributed by atoms with van der Waals surface area (Å²) in [6.45, 7) is 8.02. The Morgan fingerprint density at radius 1 is 1.09 bits per heavy atom. The van der Waals surface area contributed by atoms with Crippen molar-refractivity contribution < 1.29 is 32.5 Å². The minimum atomic E-state index is -1.33. The molecule has 6 nitrogen and oxygen atoms in total. The van der Waals surface area contributed by atoms with Crippen molar-refractivity contribution in [3.63, 3.8) is 0 Å². The number of carbonyl (C=O) groups excluding carboxylic acids is 1. The van der Waals surface area contributed by atoms with Gasteiger partial charge < -0.3 is 24.3 Å². The number of ether oxygens (including phenoxy) is 4. The predicted octanol–water partition coefficient (Wildman–Crippen LogP) is 4.56. The van der Waals surface area contributed by atoms with Gasteiger partial charge in [-0.05, 0) is 39.3 Å². The van der Waals surface area contributed by atoms with Gasteiger partial charge in [-0.15, -0.1) is 0 Å². The molecule has 4 atom stereocenters. The minimum absolute atomic E-state index is 0.165. The summed E-state index contributed by atoms with van der Waals surface area (Å²) >= 11 is 0. The van der Waals surface area contributed by atoms with E-state index in [4.69, 9.17) is 18.9 Å². The maximum absolute atomic E-state index is 14.3. The third kappa shape index (κ3) is 5.89. The van der Waals surface area contributed by atoms with Crippen LogP contribution in [0.4, 0.5) is 8.78 Å². The third-order valence-corrected chi connectivity index (χ3v) is 6.50. The van der Waals surface area contributed by atoms with Crippen LogP contribution in [0.5, 0.6) is 0 Å². The van der Waals surface area contributed by atoms with Gasteiger partial charge in [0.25, 0.3) is 5.91 Å². The molecule has 4 rings (SSSR count). The normalized spacial score (nSPS) is 27.4. The van der Waals surface area contributed by atoms with E-state index in [0.717, 1.165) is 17.2 Å². The zero-order valence-electron chi connectivity index (χ0n) is 20.6. The van der Waals surface area contributed by atoms with Crippen molar-refractivity contribution >= 4 is 5.91 Å². The number of rotatable bonds is 8. The fraction of sp³-hybridized carbons (Fsp3) is 0.519. The van der Waals surface area contributed by atoms with Crippen molar-refractivity contribution in [2.24, 2.45) is 0 Å². The number of likely N-dealkylation sites (N-methyl/N-ethyl adjacent to an activating group) is 1. The number of fused-ring (bicyclic) bond motifs is 1. The van der Waals surface area contributed by atoms with Crippen LogP contribution in [0.25, 0.3) is 0 Å². The van der Waals surface area contributed by atoms with E-state index in [1.54, 1.807) is 0 Å². The van der Waals surface area contributed by atoms with Gasteiger partial charge in [0.2, 0.25) is 0 Å². The molecule has 2 aliphatic rings. The smallest absolute Gasteiger partial charge is 0.252 e. The van der Waals surface area contributed by atoms with E-state index in [-0.39, 0.29) is 37.0 Å². The van der Waals surface area contributed by atoms with Gasteiger partial charge in [0.1, 0.15) is 17.7 Å². The van der Waals surface area contributed by atoms with Crippen molar-refractivity contribution in [1.82, 2.24) is 5.32 Å². The Bertz CT molecular complexity index is 1040. The van der Waals surface area contributed by atoms with Crippen molar-refractivity contribution in [2.75, 3.05) is 6.54 Å². The van der Waals surface area contributed by atoms with Crippen LogP contribution in [0, 0.1) is 18.6 Å². The van der Waals surface area contributed by atoms with Crippen LogP contribution in [0.2, 0.25) is 0 Å². The number of nitrogens with one attached hydrogen (secondary N) is 1. The first-order valence-corrected chi connectivity index (χ1v) is 12.0. The molecule has 1 aliphatic carbocycles. The SMILES string of the molecule is CCNC(=O)[C@@]1(OCc2ccc(F)cc2F)CC(OCc2ccc(C)cc2)[C@@H]2OC(C)(C)O[C@@H]2C1. The van der Waals surface area contributed by atoms with E-state index in [1.807, 2.05) is 52.0 Å². The van der Waals surface area contributed by atoms with E-state index < -0.39 is 35.2 Å². The van der Waals surface area contributed by atoms with Gasteiger partial charge in [-0.3, -0.25) is 4.79 Å². The van der Waals surface area contributed by atoms with Crippen molar-refractivity contribution in [1.29, 1.82) is 0 Å². The van der Waals surface area contributed by atoms with Crippen LogP contribution in [-0.2, 0) is 37.0 Å². The molecule has 2 aromatic rings. The first-order chi connectivity index (χ1) is 16.6. The molecule has 2 fully saturated rings. The molecule has 1 unspecified atom stereocenters. The Labute approximate surface area is 204 Å². The standard InChI is InChI=1S/C27H33F2NO5/c1-5-30-25(31)27(33-16-19-10-11-20(28)12-21(19)29)13-22(24-23(14-27)34-26(3,4)35-24)32-15-18-8-6-17(2)7-9-18/h6-12,22-24H,5,13-16H2,1-4H3,(H,30,31)/t22?,23-,24+,27-/m1/s1. The Morgan fingerprint density at radius 2 is 1.83 bits per heavy atom. The molecule has 1 saturated carbocycles. The van der Waals surface area contributed by atoms with Gasteiger partial charge in [0.15, 0.2) is 11.4 Å². The van der Waals surface area contributed by atoms with E-state index in [0.29, 0.717) is 13.2 Å². The molecule has 1 aliphatic heterocycles. The molecule has 0 bridgehead atoms. The molecule has 35 heavy (non-hydrogen) atoms. The van der Waals surface area contributed by atoms with Crippen LogP contribution in [0.3, 0.4) is 0 Å². The molecular weight excluding hydrogens is 456 g/mol. The highest BCUT2D eigenvalue weighted by Gasteiger charge is 2.58. The van der Waals surface area contributed by atoms with E-state index in [1.165, 1.54) is 12.1 Å². The molecule has 1 N–H and O–H groups in total. The van der Waals surface area contributed by atoms with E-state index in [2.05, 4.69) is 5.32 Å². The summed E-state index contributed by atoms with van der Waals surface area (Å²) in [5.74, 6) is -2.56. The Kier molecular flexibility index (Phi) is 7.57. The van der Waals surface area contributed by atoms with E-state index in [9.17, 15) is 13.6 Å². The lowest BCUT2D eigenvalue weighted by Crippen LogP contribution is -2.60. The monoisotopic (exact) mass is 489 g/mol. The Hall–Kier alpha value is -2.39. The van der Waals surface area contributed by atoms with Crippen LogP contribution < -0.4 is 5.32 Å². The molecule has 0 radical (unpaired) electrons. The van der Waals surface area contributed by atoms with Crippen LogP contribution in [0.1, 0.15) is 50.3 Å². The van der Waals surface area contributed by atoms with Gasteiger partial charge in [-0.1, -0.05) is 35.9 Å². The number of hydrogen-bond donors (Lipinski definition) is 1. The molecular formula is C27H33F2NO5. The summed E-state index contributed by atoms with van der Waals surface area (Å²) in [4.78, 5) is 13.3. The lowest BCUT2D eigenvalue weighted by Gasteiger charge is -2.43. The molecule has 1 heterocycles. The van der Waals surface area contributed by atoms with Gasteiger partial charge in [-0.2, -0.15) is 0 Å². The zero-order chi connectivity index (χ0) is 25.2. The van der Waals surface area contributed by atoms with Gasteiger partial charge >= 0.3 is 0 Å². The Balaban J connectivity index is 1.60. The van der Waals surface area contributed by atoms with E-state index >= 15 is 0 Å². The maximum Gasteiger partial charge on any atom is 0.252 e. The topological polar surface area (TPSA) is 66.0 Å². The fourth-order valence-corrected chi connectivity index (χ4v) is 4.77. The van der Waals surface area contributed by atoms with Gasteiger partial charge in [-0.25, -0.2) is 8.78 Å². The number of carbonyl (C=O) groups is 1.